The first kappa shape index (κ1) is 22.1. The van der Waals surface area contributed by atoms with E-state index in [1.165, 1.54) is 19.8 Å². The molecular formula is C23H32N4O3. The maximum Gasteiger partial charge on any atom is 0.218 e. The van der Waals surface area contributed by atoms with Gasteiger partial charge in [0.05, 0.1) is 14.2 Å². The molecule has 1 aliphatic rings. The molecule has 0 bridgehead atoms. The Kier molecular flexibility index (Phi) is 7.65. The lowest BCUT2D eigenvalue weighted by molar-refractivity contribution is -0.121. The molecule has 30 heavy (non-hydrogen) atoms. The van der Waals surface area contributed by atoms with Gasteiger partial charge in [0.15, 0.2) is 11.5 Å². The number of benzene rings is 1. The van der Waals surface area contributed by atoms with Crippen LogP contribution < -0.4 is 25.4 Å². The van der Waals surface area contributed by atoms with Crippen LogP contribution in [0.1, 0.15) is 37.3 Å². The SMILES string of the molecule is COc1cccc(C(NCCC2CCNCC2)(NC(C)=O)c2ccncc2)c1OC. The van der Waals surface area contributed by atoms with E-state index in [0.717, 1.165) is 37.2 Å². The van der Waals surface area contributed by atoms with Crippen LogP contribution in [-0.4, -0.2) is 44.7 Å². The van der Waals surface area contributed by atoms with E-state index in [1.807, 2.05) is 30.3 Å². The first-order valence-electron chi connectivity index (χ1n) is 10.5. The second kappa shape index (κ2) is 10.4. The van der Waals surface area contributed by atoms with E-state index < -0.39 is 5.66 Å². The molecule has 0 radical (unpaired) electrons. The number of piperidine rings is 1. The van der Waals surface area contributed by atoms with Crippen molar-refractivity contribution in [1.29, 1.82) is 0 Å². The summed E-state index contributed by atoms with van der Waals surface area (Å²) in [7, 11) is 3.22. The summed E-state index contributed by atoms with van der Waals surface area (Å²) in [5.74, 6) is 1.71. The summed E-state index contributed by atoms with van der Waals surface area (Å²) in [5, 5.41) is 10.2. The minimum Gasteiger partial charge on any atom is -0.493 e. The number of ether oxygens (including phenoxy) is 2. The summed E-state index contributed by atoms with van der Waals surface area (Å²) in [6.07, 6.45) is 6.83. The zero-order valence-electron chi connectivity index (χ0n) is 18.0. The average molecular weight is 413 g/mol. The summed E-state index contributed by atoms with van der Waals surface area (Å²) >= 11 is 0. The van der Waals surface area contributed by atoms with Crippen molar-refractivity contribution in [2.45, 2.75) is 31.8 Å². The Hall–Kier alpha value is -2.64. The van der Waals surface area contributed by atoms with Crippen molar-refractivity contribution in [2.24, 2.45) is 5.92 Å². The highest BCUT2D eigenvalue weighted by Crippen LogP contribution is 2.39. The fourth-order valence-corrected chi connectivity index (χ4v) is 4.22. The number of hydrogen-bond acceptors (Lipinski definition) is 6. The predicted molar refractivity (Wildman–Crippen MR) is 117 cm³/mol. The number of aromatic nitrogens is 1. The van der Waals surface area contributed by atoms with Crippen LogP contribution in [0.4, 0.5) is 0 Å². The minimum absolute atomic E-state index is 0.147. The number of rotatable bonds is 9. The fraction of sp³-hybridized carbons (Fsp3) is 0.478. The summed E-state index contributed by atoms with van der Waals surface area (Å²) in [6.45, 7) is 4.40. The predicted octanol–water partition coefficient (Wildman–Crippen LogP) is 2.42. The molecule has 1 aliphatic heterocycles. The van der Waals surface area contributed by atoms with Crippen LogP contribution >= 0.6 is 0 Å². The minimum atomic E-state index is -0.971. The van der Waals surface area contributed by atoms with Gasteiger partial charge in [-0.05, 0) is 68.6 Å². The first-order valence-corrected chi connectivity index (χ1v) is 10.5. The van der Waals surface area contributed by atoms with Crippen LogP contribution in [0.15, 0.2) is 42.7 Å². The summed E-state index contributed by atoms with van der Waals surface area (Å²) in [6, 6.07) is 9.53. The zero-order chi connectivity index (χ0) is 21.4. The van der Waals surface area contributed by atoms with Crippen molar-refractivity contribution < 1.29 is 14.3 Å². The molecule has 1 fully saturated rings. The number of carbonyl (C=O) groups is 1. The van der Waals surface area contributed by atoms with Crippen LogP contribution in [0.3, 0.4) is 0 Å². The van der Waals surface area contributed by atoms with Gasteiger partial charge in [-0.3, -0.25) is 15.1 Å². The molecule has 1 aromatic carbocycles. The number of methoxy groups -OCH3 is 2. The third-order valence-corrected chi connectivity index (χ3v) is 5.69. The molecule has 1 aromatic heterocycles. The van der Waals surface area contributed by atoms with Gasteiger partial charge in [-0.1, -0.05) is 12.1 Å². The molecule has 3 N–H and O–H groups in total. The van der Waals surface area contributed by atoms with E-state index in [2.05, 4.69) is 20.9 Å². The molecule has 1 atom stereocenters. The van der Waals surface area contributed by atoms with E-state index in [9.17, 15) is 4.79 Å². The smallest absolute Gasteiger partial charge is 0.218 e. The van der Waals surface area contributed by atoms with Crippen molar-refractivity contribution in [2.75, 3.05) is 33.9 Å². The Morgan fingerprint density at radius 3 is 2.53 bits per heavy atom. The Morgan fingerprint density at radius 2 is 1.90 bits per heavy atom. The maximum absolute atomic E-state index is 12.4. The fourth-order valence-electron chi connectivity index (χ4n) is 4.22. The third kappa shape index (κ3) is 4.91. The third-order valence-electron chi connectivity index (χ3n) is 5.69. The number of hydrogen-bond donors (Lipinski definition) is 3. The van der Waals surface area contributed by atoms with Crippen LogP contribution in [0.2, 0.25) is 0 Å². The molecule has 0 saturated carbocycles. The number of para-hydroxylation sites is 1. The lowest BCUT2D eigenvalue weighted by Crippen LogP contribution is -2.57. The molecule has 3 rings (SSSR count). The van der Waals surface area contributed by atoms with Gasteiger partial charge in [-0.2, -0.15) is 0 Å². The van der Waals surface area contributed by atoms with Crippen LogP contribution in [0.5, 0.6) is 11.5 Å². The molecular weight excluding hydrogens is 380 g/mol. The molecule has 162 valence electrons. The standard InChI is InChI=1S/C23H32N4O3/c1-17(28)27-23(19-10-14-25-15-11-19,26-16-9-18-7-12-24-13-8-18)20-5-4-6-21(29-2)22(20)30-3/h4-6,10-11,14-15,18,24,26H,7-9,12-13,16H2,1-3H3,(H,27,28). The quantitative estimate of drug-likeness (QED) is 0.549. The van der Waals surface area contributed by atoms with Crippen molar-refractivity contribution in [3.63, 3.8) is 0 Å². The highest BCUT2D eigenvalue weighted by atomic mass is 16.5. The monoisotopic (exact) mass is 412 g/mol. The molecule has 7 nitrogen and oxygen atoms in total. The molecule has 2 aromatic rings. The van der Waals surface area contributed by atoms with Gasteiger partial charge in [0.1, 0.15) is 5.66 Å². The molecule has 0 aliphatic carbocycles. The van der Waals surface area contributed by atoms with E-state index >= 15 is 0 Å². The average Bonchev–Trinajstić information content (AvgIpc) is 2.78. The summed E-state index contributed by atoms with van der Waals surface area (Å²) < 4.78 is 11.3. The largest absolute Gasteiger partial charge is 0.493 e. The van der Waals surface area contributed by atoms with Crippen LogP contribution in [0, 0.1) is 5.92 Å². The molecule has 1 unspecified atom stereocenters. The number of nitrogens with one attached hydrogen (secondary N) is 3. The Bertz CT molecular complexity index is 824. The maximum atomic E-state index is 12.4. The van der Waals surface area contributed by atoms with Gasteiger partial charge in [-0.15, -0.1) is 0 Å². The van der Waals surface area contributed by atoms with Crippen molar-refractivity contribution in [3.05, 3.63) is 53.9 Å². The topological polar surface area (TPSA) is 84.5 Å². The number of amides is 1. The van der Waals surface area contributed by atoms with Crippen molar-refractivity contribution in [1.82, 2.24) is 20.9 Å². The zero-order valence-corrected chi connectivity index (χ0v) is 18.0. The molecule has 1 amide bonds. The number of carbonyl (C=O) groups excluding carboxylic acids is 1. The van der Waals surface area contributed by atoms with E-state index in [-0.39, 0.29) is 5.91 Å². The number of pyridine rings is 1. The highest BCUT2D eigenvalue weighted by Gasteiger charge is 2.38. The van der Waals surface area contributed by atoms with Crippen molar-refractivity contribution >= 4 is 5.91 Å². The molecule has 0 spiro atoms. The van der Waals surface area contributed by atoms with E-state index in [0.29, 0.717) is 17.4 Å². The number of nitrogens with zero attached hydrogens (tertiary/aromatic N) is 1. The van der Waals surface area contributed by atoms with Gasteiger partial charge in [-0.25, -0.2) is 0 Å². The highest BCUT2D eigenvalue weighted by molar-refractivity contribution is 5.75. The van der Waals surface area contributed by atoms with Gasteiger partial charge in [0, 0.05) is 24.9 Å². The molecule has 1 saturated heterocycles. The van der Waals surface area contributed by atoms with Gasteiger partial charge >= 0.3 is 0 Å². The normalized spacial score (nSPS) is 16.5. The first-order chi connectivity index (χ1) is 14.6. The lowest BCUT2D eigenvalue weighted by atomic mass is 9.89. The second-order valence-electron chi connectivity index (χ2n) is 7.62. The van der Waals surface area contributed by atoms with E-state index in [1.54, 1.807) is 26.6 Å². The summed E-state index contributed by atoms with van der Waals surface area (Å²) in [5.41, 5.74) is 0.697. The van der Waals surface area contributed by atoms with Crippen molar-refractivity contribution in [3.8, 4) is 11.5 Å². The van der Waals surface area contributed by atoms with Gasteiger partial charge < -0.3 is 20.1 Å². The van der Waals surface area contributed by atoms with Crippen LogP contribution in [0.25, 0.3) is 0 Å². The summed E-state index contributed by atoms with van der Waals surface area (Å²) in [4.78, 5) is 16.5. The second-order valence-corrected chi connectivity index (χ2v) is 7.62. The Morgan fingerprint density at radius 1 is 1.17 bits per heavy atom. The van der Waals surface area contributed by atoms with Crippen LogP contribution in [-0.2, 0) is 10.5 Å². The van der Waals surface area contributed by atoms with Gasteiger partial charge in [0.25, 0.3) is 0 Å². The van der Waals surface area contributed by atoms with Gasteiger partial charge in [0.2, 0.25) is 5.91 Å². The molecule has 7 heteroatoms. The Balaban J connectivity index is 2.03. The molecule has 2 heterocycles. The lowest BCUT2D eigenvalue weighted by Gasteiger charge is -2.38. The van der Waals surface area contributed by atoms with E-state index in [4.69, 9.17) is 9.47 Å². The Labute approximate surface area is 178 Å².